The van der Waals surface area contributed by atoms with Gasteiger partial charge in [-0.2, -0.15) is 0 Å². The molecule has 1 aromatic carbocycles. The summed E-state index contributed by atoms with van der Waals surface area (Å²) in [5, 5.41) is 8.66. The number of hydrogen-bond acceptors (Lipinski definition) is 3. The molecule has 3 rings (SSSR count). The van der Waals surface area contributed by atoms with Crippen LogP contribution >= 0.6 is 0 Å². The highest BCUT2D eigenvalue weighted by Gasteiger charge is 2.48. The zero-order valence-electron chi connectivity index (χ0n) is 14.9. The molecule has 2 N–H and O–H groups in total. The predicted molar refractivity (Wildman–Crippen MR) is 100 cm³/mol. The van der Waals surface area contributed by atoms with Gasteiger partial charge in [0.1, 0.15) is 0 Å². The molecule has 4 atom stereocenters. The van der Waals surface area contributed by atoms with E-state index in [4.69, 9.17) is 5.11 Å². The number of allylic oxidation sites excluding steroid dienone is 2. The van der Waals surface area contributed by atoms with E-state index in [1.54, 1.807) is 24.3 Å². The van der Waals surface area contributed by atoms with Crippen molar-refractivity contribution in [3.8, 4) is 0 Å². The lowest BCUT2D eigenvalue weighted by molar-refractivity contribution is -0.137. The van der Waals surface area contributed by atoms with E-state index in [0.717, 1.165) is 25.7 Å². The Morgan fingerprint density at radius 3 is 2.62 bits per heavy atom. The molecule has 2 saturated carbocycles. The zero-order valence-corrected chi connectivity index (χ0v) is 15.7. The van der Waals surface area contributed by atoms with Gasteiger partial charge in [0.2, 0.25) is 10.0 Å². The first-order valence-electron chi connectivity index (χ1n) is 9.41. The standard InChI is InChI=1S/C20H27NO4S/c22-19(23)11-7-2-1-6-10-18-15-12-13-16(14-15)20(18)21-26(24,25)17-8-4-3-5-9-17/h1,3-6,8-9,15-16,18,20-21H,2,7,10-14H2,(H,22,23)/b6-1+/t15-,16+,18-,20-/m1/s1. The third-order valence-corrected chi connectivity index (χ3v) is 7.24. The van der Waals surface area contributed by atoms with Crippen LogP contribution in [0, 0.1) is 17.8 Å². The van der Waals surface area contributed by atoms with Gasteiger partial charge in [-0.25, -0.2) is 13.1 Å². The van der Waals surface area contributed by atoms with Gasteiger partial charge in [-0.3, -0.25) is 4.79 Å². The fourth-order valence-corrected chi connectivity index (χ4v) is 5.90. The van der Waals surface area contributed by atoms with Gasteiger partial charge in [-0.1, -0.05) is 30.4 Å². The van der Waals surface area contributed by atoms with Crippen LogP contribution in [0.1, 0.15) is 44.9 Å². The highest BCUT2D eigenvalue weighted by atomic mass is 32.2. The predicted octanol–water partition coefficient (Wildman–Crippen LogP) is 3.58. The number of fused-ring (bicyclic) bond motifs is 2. The van der Waals surface area contributed by atoms with Gasteiger partial charge in [-0.05, 0) is 68.4 Å². The number of rotatable bonds is 9. The van der Waals surface area contributed by atoms with Crippen molar-refractivity contribution in [2.45, 2.75) is 55.9 Å². The number of carboxylic acid groups (broad SMARTS) is 1. The number of aliphatic carboxylic acids is 1. The molecule has 0 spiro atoms. The molecule has 0 aromatic heterocycles. The van der Waals surface area contributed by atoms with Crippen LogP contribution in [0.3, 0.4) is 0 Å². The van der Waals surface area contributed by atoms with Crippen LogP contribution in [0.2, 0.25) is 0 Å². The SMILES string of the molecule is O=C(O)CCC/C=C/C[C@@H]1[C@@H]2CC[C@@H](C2)[C@H]1NS(=O)(=O)c1ccccc1. The third-order valence-electron chi connectivity index (χ3n) is 5.77. The summed E-state index contributed by atoms with van der Waals surface area (Å²) in [6.07, 6.45) is 10.00. The van der Waals surface area contributed by atoms with Crippen molar-refractivity contribution in [2.24, 2.45) is 17.8 Å². The molecule has 6 heteroatoms. The summed E-state index contributed by atoms with van der Waals surface area (Å²) < 4.78 is 28.4. The molecule has 0 unspecified atom stereocenters. The molecule has 142 valence electrons. The second-order valence-corrected chi connectivity index (χ2v) is 9.16. The molecule has 2 aliphatic carbocycles. The Labute approximate surface area is 155 Å². The second kappa shape index (κ2) is 8.35. The summed E-state index contributed by atoms with van der Waals surface area (Å²) in [6.45, 7) is 0. The van der Waals surface area contributed by atoms with Crippen molar-refractivity contribution >= 4 is 16.0 Å². The van der Waals surface area contributed by atoms with Crippen molar-refractivity contribution < 1.29 is 18.3 Å². The summed E-state index contributed by atoms with van der Waals surface area (Å²) in [7, 11) is -3.49. The molecular formula is C20H27NO4S. The molecule has 2 fully saturated rings. The molecule has 2 aliphatic rings. The Morgan fingerprint density at radius 1 is 1.15 bits per heavy atom. The average Bonchev–Trinajstić information content (AvgIpc) is 3.20. The van der Waals surface area contributed by atoms with E-state index in [1.165, 1.54) is 6.42 Å². The second-order valence-electron chi connectivity index (χ2n) is 7.45. The Hall–Kier alpha value is -1.66. The molecular weight excluding hydrogens is 350 g/mol. The summed E-state index contributed by atoms with van der Waals surface area (Å²) in [4.78, 5) is 10.9. The highest BCUT2D eigenvalue weighted by Crippen LogP contribution is 2.50. The molecule has 2 bridgehead atoms. The first-order valence-corrected chi connectivity index (χ1v) is 10.9. The number of nitrogens with one attached hydrogen (secondary N) is 1. The van der Waals surface area contributed by atoms with Crippen LogP contribution in [-0.4, -0.2) is 25.5 Å². The minimum absolute atomic E-state index is 0.00243. The van der Waals surface area contributed by atoms with E-state index in [1.807, 2.05) is 12.1 Å². The number of carbonyl (C=O) groups is 1. The lowest BCUT2D eigenvalue weighted by atomic mass is 9.83. The summed E-state index contributed by atoms with van der Waals surface area (Å²) >= 11 is 0. The molecule has 0 amide bonds. The van der Waals surface area contributed by atoms with E-state index in [2.05, 4.69) is 10.8 Å². The number of sulfonamides is 1. The van der Waals surface area contributed by atoms with E-state index < -0.39 is 16.0 Å². The minimum atomic E-state index is -3.49. The van der Waals surface area contributed by atoms with Crippen LogP contribution in [0.4, 0.5) is 0 Å². The van der Waals surface area contributed by atoms with Gasteiger partial charge in [0.05, 0.1) is 4.90 Å². The van der Waals surface area contributed by atoms with Crippen LogP contribution in [-0.2, 0) is 14.8 Å². The Kier molecular flexibility index (Phi) is 6.14. The summed E-state index contributed by atoms with van der Waals surface area (Å²) in [5.74, 6) is 0.598. The monoisotopic (exact) mass is 377 g/mol. The summed E-state index contributed by atoms with van der Waals surface area (Å²) in [6, 6.07) is 8.57. The van der Waals surface area contributed by atoms with E-state index in [0.29, 0.717) is 29.1 Å². The fraction of sp³-hybridized carbons (Fsp3) is 0.550. The number of benzene rings is 1. The first-order chi connectivity index (χ1) is 12.5. The Balaban J connectivity index is 1.60. The van der Waals surface area contributed by atoms with Crippen molar-refractivity contribution in [3.63, 3.8) is 0 Å². The largest absolute Gasteiger partial charge is 0.481 e. The van der Waals surface area contributed by atoms with E-state index >= 15 is 0 Å². The van der Waals surface area contributed by atoms with Gasteiger partial charge < -0.3 is 5.11 Å². The van der Waals surface area contributed by atoms with Crippen molar-refractivity contribution in [1.82, 2.24) is 4.72 Å². The number of unbranched alkanes of at least 4 members (excludes halogenated alkanes) is 1. The van der Waals surface area contributed by atoms with Gasteiger partial charge in [0, 0.05) is 12.5 Å². The first kappa shape index (κ1) is 19.1. The average molecular weight is 378 g/mol. The Bertz CT molecular complexity index is 744. The minimum Gasteiger partial charge on any atom is -0.481 e. The molecule has 5 nitrogen and oxygen atoms in total. The van der Waals surface area contributed by atoms with Crippen LogP contribution in [0.15, 0.2) is 47.4 Å². The number of hydrogen-bond donors (Lipinski definition) is 2. The van der Waals surface area contributed by atoms with Crippen molar-refractivity contribution in [2.75, 3.05) is 0 Å². The molecule has 26 heavy (non-hydrogen) atoms. The molecule has 1 aromatic rings. The normalized spacial score (nSPS) is 28.0. The molecule has 0 aliphatic heterocycles. The van der Waals surface area contributed by atoms with Crippen molar-refractivity contribution in [1.29, 1.82) is 0 Å². The quantitative estimate of drug-likeness (QED) is 0.509. The third kappa shape index (κ3) is 4.54. The van der Waals surface area contributed by atoms with E-state index in [-0.39, 0.29) is 12.5 Å². The van der Waals surface area contributed by atoms with Crippen LogP contribution in [0.25, 0.3) is 0 Å². The maximum Gasteiger partial charge on any atom is 0.303 e. The van der Waals surface area contributed by atoms with Crippen molar-refractivity contribution in [3.05, 3.63) is 42.5 Å². The highest BCUT2D eigenvalue weighted by molar-refractivity contribution is 7.89. The van der Waals surface area contributed by atoms with Gasteiger partial charge in [-0.15, -0.1) is 0 Å². The molecule has 0 radical (unpaired) electrons. The summed E-state index contributed by atoms with van der Waals surface area (Å²) in [5.41, 5.74) is 0. The zero-order chi connectivity index (χ0) is 18.6. The lowest BCUT2D eigenvalue weighted by Crippen LogP contribution is -2.43. The maximum absolute atomic E-state index is 12.7. The number of carboxylic acids is 1. The fourth-order valence-electron chi connectivity index (χ4n) is 4.52. The van der Waals surface area contributed by atoms with Gasteiger partial charge in [0.15, 0.2) is 0 Å². The van der Waals surface area contributed by atoms with Crippen LogP contribution < -0.4 is 4.72 Å². The molecule has 0 saturated heterocycles. The Morgan fingerprint density at radius 2 is 1.88 bits per heavy atom. The van der Waals surface area contributed by atoms with Gasteiger partial charge >= 0.3 is 5.97 Å². The van der Waals surface area contributed by atoms with E-state index in [9.17, 15) is 13.2 Å². The molecule has 0 heterocycles. The van der Waals surface area contributed by atoms with Crippen LogP contribution in [0.5, 0.6) is 0 Å². The lowest BCUT2D eigenvalue weighted by Gasteiger charge is -2.31. The van der Waals surface area contributed by atoms with Gasteiger partial charge in [0.25, 0.3) is 0 Å². The topological polar surface area (TPSA) is 83.5 Å². The smallest absolute Gasteiger partial charge is 0.303 e. The maximum atomic E-state index is 12.7.